The lowest BCUT2D eigenvalue weighted by atomic mass is 10.0. The van der Waals surface area contributed by atoms with Crippen molar-refractivity contribution in [1.29, 1.82) is 0 Å². The van der Waals surface area contributed by atoms with Gasteiger partial charge in [0.1, 0.15) is 6.04 Å². The number of methoxy groups -OCH3 is 2. The molecule has 0 saturated carbocycles. The van der Waals surface area contributed by atoms with Gasteiger partial charge in [0.25, 0.3) is 0 Å². The fourth-order valence-electron chi connectivity index (χ4n) is 1.91. The van der Waals surface area contributed by atoms with Crippen LogP contribution in [0.3, 0.4) is 0 Å². The number of para-hydroxylation sites is 1. The van der Waals surface area contributed by atoms with Crippen molar-refractivity contribution in [1.82, 2.24) is 5.32 Å². The number of rotatable bonds is 9. The van der Waals surface area contributed by atoms with Crippen molar-refractivity contribution in [3.05, 3.63) is 34.2 Å². The number of carboxylic acid groups (broad SMARTS) is 1. The Balaban J connectivity index is 2.90. The third-order valence-corrected chi connectivity index (χ3v) is 2.84. The number of benzene rings is 1. The van der Waals surface area contributed by atoms with Gasteiger partial charge in [0, 0.05) is 17.0 Å². The number of azide groups is 1. The molecule has 0 aliphatic heterocycles. The molecule has 0 heterocycles. The zero-order chi connectivity index (χ0) is 15.7. The third-order valence-electron chi connectivity index (χ3n) is 2.84. The molecular formula is C13H18N4O4. The molecule has 0 fully saturated rings. The van der Waals surface area contributed by atoms with Crippen LogP contribution in [0.1, 0.15) is 18.0 Å². The van der Waals surface area contributed by atoms with E-state index in [0.717, 1.165) is 0 Å². The molecular weight excluding hydrogens is 276 g/mol. The molecule has 0 aliphatic carbocycles. The van der Waals surface area contributed by atoms with Gasteiger partial charge in [-0.15, -0.1) is 0 Å². The Morgan fingerprint density at radius 3 is 2.81 bits per heavy atom. The van der Waals surface area contributed by atoms with Gasteiger partial charge in [-0.25, -0.2) is 0 Å². The number of carboxylic acids is 1. The van der Waals surface area contributed by atoms with E-state index in [4.69, 9.17) is 15.0 Å². The highest BCUT2D eigenvalue weighted by atomic mass is 16.5. The molecule has 1 aromatic carbocycles. The van der Waals surface area contributed by atoms with Gasteiger partial charge in [-0.2, -0.15) is 0 Å². The molecule has 0 bridgehead atoms. The summed E-state index contributed by atoms with van der Waals surface area (Å²) in [7, 11) is 2.95. The van der Waals surface area contributed by atoms with Gasteiger partial charge < -0.3 is 19.9 Å². The molecule has 0 aliphatic rings. The Bertz CT molecular complexity index is 529. The molecule has 0 aromatic heterocycles. The fraction of sp³-hybridized carbons (Fsp3) is 0.462. The number of nitrogens with one attached hydrogen (secondary N) is 1. The summed E-state index contributed by atoms with van der Waals surface area (Å²) in [4.78, 5) is 14.1. The van der Waals surface area contributed by atoms with E-state index in [9.17, 15) is 9.90 Å². The van der Waals surface area contributed by atoms with E-state index < -0.39 is 12.0 Å². The molecule has 21 heavy (non-hydrogen) atoms. The number of hydrogen-bond donors (Lipinski definition) is 2. The quantitative estimate of drug-likeness (QED) is 0.313. The Kier molecular flexibility index (Phi) is 6.86. The number of aliphatic carboxylic acids is 1. The van der Waals surface area contributed by atoms with E-state index >= 15 is 0 Å². The average Bonchev–Trinajstić information content (AvgIpc) is 2.49. The smallest absolute Gasteiger partial charge is 0.325 e. The summed E-state index contributed by atoms with van der Waals surface area (Å²) in [6.07, 6.45) is 0.542. The summed E-state index contributed by atoms with van der Waals surface area (Å²) < 4.78 is 10.4. The summed E-state index contributed by atoms with van der Waals surface area (Å²) in [5, 5.41) is 15.7. The maximum atomic E-state index is 11.4. The first-order chi connectivity index (χ1) is 10.2. The number of hydrogen-bond acceptors (Lipinski definition) is 5. The minimum absolute atomic E-state index is 0.311. The van der Waals surface area contributed by atoms with Gasteiger partial charge in [0.15, 0.2) is 11.5 Å². The summed E-state index contributed by atoms with van der Waals surface area (Å²) >= 11 is 0. The Morgan fingerprint density at radius 2 is 2.24 bits per heavy atom. The van der Waals surface area contributed by atoms with Crippen LogP contribution >= 0.6 is 0 Å². The second-order valence-electron chi connectivity index (χ2n) is 4.12. The van der Waals surface area contributed by atoms with Gasteiger partial charge in [0.2, 0.25) is 0 Å². The van der Waals surface area contributed by atoms with E-state index in [1.54, 1.807) is 18.2 Å². The molecule has 2 N–H and O–H groups in total. The molecule has 1 rings (SSSR count). The van der Waals surface area contributed by atoms with Crippen LogP contribution in [-0.2, 0) is 4.79 Å². The lowest BCUT2D eigenvalue weighted by molar-refractivity contribution is -0.139. The lowest BCUT2D eigenvalue weighted by Crippen LogP contribution is -2.30. The first-order valence-corrected chi connectivity index (χ1v) is 6.33. The molecule has 1 unspecified atom stereocenters. The zero-order valence-electron chi connectivity index (χ0n) is 11.9. The molecule has 0 saturated heterocycles. The predicted molar refractivity (Wildman–Crippen MR) is 76.6 cm³/mol. The predicted octanol–water partition coefficient (Wildman–Crippen LogP) is 2.12. The van der Waals surface area contributed by atoms with E-state index in [-0.39, 0.29) is 0 Å². The number of nitrogens with zero attached hydrogens (tertiary/aromatic N) is 3. The Labute approximate surface area is 122 Å². The maximum absolute atomic E-state index is 11.4. The van der Waals surface area contributed by atoms with Crippen LogP contribution in [0.4, 0.5) is 0 Å². The average molecular weight is 294 g/mol. The van der Waals surface area contributed by atoms with Crippen LogP contribution in [0.15, 0.2) is 23.3 Å². The van der Waals surface area contributed by atoms with Crippen LogP contribution in [-0.4, -0.2) is 38.4 Å². The molecule has 1 aromatic rings. The minimum Gasteiger partial charge on any atom is -0.493 e. The first kappa shape index (κ1) is 16.6. The topological polar surface area (TPSA) is 117 Å². The van der Waals surface area contributed by atoms with Crippen molar-refractivity contribution in [2.45, 2.75) is 12.5 Å². The van der Waals surface area contributed by atoms with Crippen molar-refractivity contribution in [3.63, 3.8) is 0 Å². The maximum Gasteiger partial charge on any atom is 0.325 e. The lowest BCUT2D eigenvalue weighted by Gasteiger charge is -2.19. The monoisotopic (exact) mass is 294 g/mol. The zero-order valence-corrected chi connectivity index (χ0v) is 11.9. The molecule has 0 spiro atoms. The van der Waals surface area contributed by atoms with Gasteiger partial charge in [-0.3, -0.25) is 4.79 Å². The van der Waals surface area contributed by atoms with Crippen molar-refractivity contribution < 1.29 is 19.4 Å². The molecule has 1 atom stereocenters. The summed E-state index contributed by atoms with van der Waals surface area (Å²) in [5.74, 6) is -0.169. The largest absolute Gasteiger partial charge is 0.493 e. The second-order valence-corrected chi connectivity index (χ2v) is 4.12. The summed E-state index contributed by atoms with van der Waals surface area (Å²) in [6, 6.07) is 4.14. The molecule has 8 heteroatoms. The van der Waals surface area contributed by atoms with Crippen LogP contribution in [0.2, 0.25) is 0 Å². The van der Waals surface area contributed by atoms with Crippen molar-refractivity contribution in [2.75, 3.05) is 27.3 Å². The minimum atomic E-state index is -1.02. The van der Waals surface area contributed by atoms with Crippen LogP contribution in [0, 0.1) is 0 Å². The highest BCUT2D eigenvalue weighted by Gasteiger charge is 2.24. The van der Waals surface area contributed by atoms with E-state index in [1.807, 2.05) is 0 Å². The highest BCUT2D eigenvalue weighted by Crippen LogP contribution is 2.34. The molecule has 0 amide bonds. The van der Waals surface area contributed by atoms with E-state index in [0.29, 0.717) is 36.6 Å². The fourth-order valence-corrected chi connectivity index (χ4v) is 1.91. The summed E-state index contributed by atoms with van der Waals surface area (Å²) in [5.41, 5.74) is 8.66. The normalized spacial score (nSPS) is 11.3. The van der Waals surface area contributed by atoms with Crippen molar-refractivity contribution in [3.8, 4) is 11.5 Å². The Morgan fingerprint density at radius 1 is 1.48 bits per heavy atom. The van der Waals surface area contributed by atoms with Gasteiger partial charge in [0.05, 0.1) is 14.2 Å². The van der Waals surface area contributed by atoms with E-state index in [1.165, 1.54) is 14.2 Å². The highest BCUT2D eigenvalue weighted by molar-refractivity contribution is 5.77. The van der Waals surface area contributed by atoms with Gasteiger partial charge >= 0.3 is 5.97 Å². The van der Waals surface area contributed by atoms with Gasteiger partial charge in [-0.05, 0) is 24.6 Å². The standard InChI is InChI=1S/C13H18N4O4/c1-20-10-6-3-5-9(12(10)21-2)11(13(18)19)15-7-4-8-16-17-14/h3,5-6,11,15H,4,7-8H2,1-2H3,(H,18,19). The van der Waals surface area contributed by atoms with Crippen LogP contribution in [0.5, 0.6) is 11.5 Å². The SMILES string of the molecule is COc1cccc(C(NCCCN=[N+]=[N-])C(=O)O)c1OC. The van der Waals surface area contributed by atoms with Crippen LogP contribution < -0.4 is 14.8 Å². The summed E-state index contributed by atoms with van der Waals surface area (Å²) in [6.45, 7) is 0.710. The number of ether oxygens (including phenoxy) is 2. The molecule has 8 nitrogen and oxygen atoms in total. The molecule has 0 radical (unpaired) electrons. The van der Waals surface area contributed by atoms with E-state index in [2.05, 4.69) is 15.3 Å². The van der Waals surface area contributed by atoms with Crippen LogP contribution in [0.25, 0.3) is 10.4 Å². The van der Waals surface area contributed by atoms with Gasteiger partial charge in [-0.1, -0.05) is 17.2 Å². The Hall–Kier alpha value is -2.44. The second kappa shape index (κ2) is 8.68. The number of carbonyl (C=O) groups is 1. The molecule has 114 valence electrons. The van der Waals surface area contributed by atoms with Crippen molar-refractivity contribution >= 4 is 5.97 Å². The third kappa shape index (κ3) is 4.55. The van der Waals surface area contributed by atoms with Crippen molar-refractivity contribution in [2.24, 2.45) is 5.11 Å². The first-order valence-electron chi connectivity index (χ1n) is 6.33.